The zero-order valence-corrected chi connectivity index (χ0v) is 13.4. The molecule has 3 rings (SSSR count). The maximum Gasteiger partial charge on any atom is 0.445 e. The Bertz CT molecular complexity index is 550. The third-order valence-corrected chi connectivity index (χ3v) is 5.15. The molecule has 2 aliphatic heterocycles. The van der Waals surface area contributed by atoms with E-state index >= 15 is 0 Å². The molecule has 0 aliphatic carbocycles. The van der Waals surface area contributed by atoms with Crippen LogP contribution in [-0.4, -0.2) is 71.7 Å². The van der Waals surface area contributed by atoms with E-state index in [2.05, 4.69) is 15.1 Å². The third-order valence-electron chi connectivity index (χ3n) is 4.12. The molecule has 0 spiro atoms. The number of nitrogens with zero attached hydrogens (tertiary/aromatic N) is 5. The molecule has 0 atom stereocenters. The molecule has 23 heavy (non-hydrogen) atoms. The minimum absolute atomic E-state index is 0.0970. The Labute approximate surface area is 135 Å². The Morgan fingerprint density at radius 3 is 2.26 bits per heavy atom. The molecule has 2 aliphatic rings. The van der Waals surface area contributed by atoms with E-state index in [0.717, 1.165) is 25.9 Å². The van der Waals surface area contributed by atoms with E-state index < -0.39 is 11.2 Å². The van der Waals surface area contributed by atoms with E-state index in [1.165, 1.54) is 0 Å². The first kappa shape index (κ1) is 16.4. The fourth-order valence-electron chi connectivity index (χ4n) is 2.84. The lowest BCUT2D eigenvalue weighted by Crippen LogP contribution is -2.51. The molecule has 0 saturated carbocycles. The van der Waals surface area contributed by atoms with Crippen molar-refractivity contribution in [2.45, 2.75) is 19.0 Å². The lowest BCUT2D eigenvalue weighted by atomic mass is 10.3. The number of piperazine rings is 1. The molecule has 6 nitrogen and oxygen atoms in total. The largest absolute Gasteiger partial charge is 0.445 e. The second kappa shape index (κ2) is 6.60. The van der Waals surface area contributed by atoms with Crippen LogP contribution >= 0.6 is 11.3 Å². The average Bonchev–Trinajstić information content (AvgIpc) is 3.18. The number of hydrogen-bond acceptors (Lipinski definition) is 6. The standard InChI is InChI=1S/C13H18F3N5OS/c14-13(15,16)11-17-18-12(23-11)21-7-5-20(6-8-21)10(22)9-19-3-1-2-4-19/h1-9H2. The molecule has 2 saturated heterocycles. The van der Waals surface area contributed by atoms with Gasteiger partial charge in [0.25, 0.3) is 0 Å². The molecule has 1 amide bonds. The number of likely N-dealkylation sites (tertiary alicyclic amines) is 1. The van der Waals surface area contributed by atoms with Crippen LogP contribution in [-0.2, 0) is 11.0 Å². The van der Waals surface area contributed by atoms with Crippen LogP contribution in [0.3, 0.4) is 0 Å². The van der Waals surface area contributed by atoms with Gasteiger partial charge in [0.05, 0.1) is 6.54 Å². The van der Waals surface area contributed by atoms with Crippen molar-refractivity contribution >= 4 is 22.4 Å². The van der Waals surface area contributed by atoms with Crippen LogP contribution < -0.4 is 4.90 Å². The summed E-state index contributed by atoms with van der Waals surface area (Å²) in [6.45, 7) is 4.36. The predicted octanol–water partition coefficient (Wildman–Crippen LogP) is 1.30. The molecular formula is C13H18F3N5OS. The quantitative estimate of drug-likeness (QED) is 0.823. The summed E-state index contributed by atoms with van der Waals surface area (Å²) in [5.41, 5.74) is 0. The van der Waals surface area contributed by atoms with Gasteiger partial charge in [0.1, 0.15) is 0 Å². The van der Waals surface area contributed by atoms with Crippen molar-refractivity contribution in [2.24, 2.45) is 0 Å². The molecular weight excluding hydrogens is 331 g/mol. The van der Waals surface area contributed by atoms with Gasteiger partial charge in [-0.3, -0.25) is 9.69 Å². The molecule has 2 fully saturated rings. The smallest absolute Gasteiger partial charge is 0.343 e. The monoisotopic (exact) mass is 349 g/mol. The summed E-state index contributed by atoms with van der Waals surface area (Å²) in [6.07, 6.45) is -2.18. The van der Waals surface area contributed by atoms with Gasteiger partial charge >= 0.3 is 6.18 Å². The van der Waals surface area contributed by atoms with Crippen LogP contribution in [0, 0.1) is 0 Å². The van der Waals surface area contributed by atoms with Gasteiger partial charge in [-0.05, 0) is 25.9 Å². The molecule has 0 bridgehead atoms. The summed E-state index contributed by atoms with van der Waals surface area (Å²) >= 11 is 0.549. The Hall–Kier alpha value is -1.42. The highest BCUT2D eigenvalue weighted by Crippen LogP contribution is 2.34. The second-order valence-corrected chi connectivity index (χ2v) is 6.69. The first-order valence-electron chi connectivity index (χ1n) is 7.59. The van der Waals surface area contributed by atoms with Gasteiger partial charge in [0.2, 0.25) is 16.0 Å². The average molecular weight is 349 g/mol. The van der Waals surface area contributed by atoms with Gasteiger partial charge in [-0.1, -0.05) is 11.3 Å². The van der Waals surface area contributed by atoms with E-state index in [1.807, 2.05) is 0 Å². The van der Waals surface area contributed by atoms with Crippen LogP contribution in [0.25, 0.3) is 0 Å². The van der Waals surface area contributed by atoms with Gasteiger partial charge in [0.15, 0.2) is 0 Å². The maximum absolute atomic E-state index is 12.6. The van der Waals surface area contributed by atoms with Crippen molar-refractivity contribution in [3.63, 3.8) is 0 Å². The molecule has 0 unspecified atom stereocenters. The summed E-state index contributed by atoms with van der Waals surface area (Å²) < 4.78 is 37.7. The summed E-state index contributed by atoms with van der Waals surface area (Å²) in [4.78, 5) is 17.9. The minimum atomic E-state index is -4.45. The number of alkyl halides is 3. The Morgan fingerprint density at radius 1 is 1.04 bits per heavy atom. The number of anilines is 1. The molecule has 0 radical (unpaired) electrons. The fourth-order valence-corrected chi connectivity index (χ4v) is 3.60. The molecule has 128 valence electrons. The van der Waals surface area contributed by atoms with Crippen LogP contribution in [0.5, 0.6) is 0 Å². The highest BCUT2D eigenvalue weighted by molar-refractivity contribution is 7.15. The van der Waals surface area contributed by atoms with Gasteiger partial charge in [-0.2, -0.15) is 13.2 Å². The first-order valence-corrected chi connectivity index (χ1v) is 8.41. The minimum Gasteiger partial charge on any atom is -0.343 e. The van der Waals surface area contributed by atoms with E-state index in [9.17, 15) is 18.0 Å². The van der Waals surface area contributed by atoms with E-state index in [1.54, 1.807) is 9.80 Å². The highest BCUT2D eigenvalue weighted by Gasteiger charge is 2.36. The normalized spacial score (nSPS) is 20.3. The second-order valence-electron chi connectivity index (χ2n) is 5.74. The zero-order chi connectivity index (χ0) is 16.4. The fraction of sp³-hybridized carbons (Fsp3) is 0.769. The Kier molecular flexibility index (Phi) is 4.72. The van der Waals surface area contributed by atoms with E-state index in [-0.39, 0.29) is 11.0 Å². The van der Waals surface area contributed by atoms with Crippen LogP contribution in [0.1, 0.15) is 17.8 Å². The lowest BCUT2D eigenvalue weighted by Gasteiger charge is -2.35. The van der Waals surface area contributed by atoms with Crippen molar-refractivity contribution in [2.75, 3.05) is 50.7 Å². The summed E-state index contributed by atoms with van der Waals surface area (Å²) in [6, 6.07) is 0. The predicted molar refractivity (Wildman–Crippen MR) is 79.4 cm³/mol. The number of hydrogen-bond donors (Lipinski definition) is 0. The van der Waals surface area contributed by atoms with Crippen LogP contribution in [0.4, 0.5) is 18.3 Å². The van der Waals surface area contributed by atoms with Crippen molar-refractivity contribution in [3.05, 3.63) is 5.01 Å². The summed E-state index contributed by atoms with van der Waals surface area (Å²) in [7, 11) is 0. The van der Waals surface area contributed by atoms with Crippen molar-refractivity contribution in [1.82, 2.24) is 20.0 Å². The molecule has 0 N–H and O–H groups in total. The van der Waals surface area contributed by atoms with Gasteiger partial charge < -0.3 is 9.80 Å². The topological polar surface area (TPSA) is 52.6 Å². The number of halogens is 3. The van der Waals surface area contributed by atoms with E-state index in [0.29, 0.717) is 44.1 Å². The van der Waals surface area contributed by atoms with Crippen LogP contribution in [0.15, 0.2) is 0 Å². The zero-order valence-electron chi connectivity index (χ0n) is 12.6. The van der Waals surface area contributed by atoms with Crippen LogP contribution in [0.2, 0.25) is 0 Å². The number of amides is 1. The SMILES string of the molecule is O=C(CN1CCCC1)N1CCN(c2nnc(C(F)(F)F)s2)CC1. The van der Waals surface area contributed by atoms with Gasteiger partial charge in [-0.25, -0.2) is 0 Å². The molecule has 3 heterocycles. The number of rotatable bonds is 3. The number of carbonyl (C=O) groups is 1. The third kappa shape index (κ3) is 3.92. The van der Waals surface area contributed by atoms with E-state index in [4.69, 9.17) is 0 Å². The molecule has 1 aromatic heterocycles. The molecule has 1 aromatic rings. The Balaban J connectivity index is 1.51. The van der Waals surface area contributed by atoms with Crippen molar-refractivity contribution < 1.29 is 18.0 Å². The first-order chi connectivity index (χ1) is 10.9. The van der Waals surface area contributed by atoms with Crippen molar-refractivity contribution in [3.8, 4) is 0 Å². The Morgan fingerprint density at radius 2 is 1.70 bits per heavy atom. The lowest BCUT2D eigenvalue weighted by molar-refractivity contribution is -0.138. The van der Waals surface area contributed by atoms with Crippen molar-refractivity contribution in [1.29, 1.82) is 0 Å². The number of aromatic nitrogens is 2. The highest BCUT2D eigenvalue weighted by atomic mass is 32.1. The summed E-state index contributed by atoms with van der Waals surface area (Å²) in [5.74, 6) is 0.0970. The van der Waals surface area contributed by atoms with Gasteiger partial charge in [0, 0.05) is 26.2 Å². The molecule has 10 heteroatoms. The maximum atomic E-state index is 12.6. The summed E-state index contributed by atoms with van der Waals surface area (Å²) in [5, 5.41) is 6.16. The van der Waals surface area contributed by atoms with Gasteiger partial charge in [-0.15, -0.1) is 10.2 Å². The number of carbonyl (C=O) groups excluding carboxylic acids is 1. The molecule has 0 aromatic carbocycles.